The average Bonchev–Trinajstić information content (AvgIpc) is 2.38. The number of carbonyl (C=O) groups excluding carboxylic acids is 1. The van der Waals surface area contributed by atoms with Crippen molar-refractivity contribution in [2.45, 2.75) is 26.3 Å². The number of benzene rings is 1. The van der Waals surface area contributed by atoms with E-state index in [4.69, 9.17) is 11.6 Å². The van der Waals surface area contributed by atoms with Gasteiger partial charge in [0.2, 0.25) is 0 Å². The fourth-order valence-electron chi connectivity index (χ4n) is 2.04. The lowest BCUT2D eigenvalue weighted by Gasteiger charge is -2.25. The van der Waals surface area contributed by atoms with Gasteiger partial charge in [0, 0.05) is 18.1 Å². The van der Waals surface area contributed by atoms with E-state index in [0.717, 1.165) is 12.0 Å². The van der Waals surface area contributed by atoms with Crippen LogP contribution in [0.15, 0.2) is 24.3 Å². The number of carbonyl (C=O) groups is 1. The molecule has 0 bridgehead atoms. The van der Waals surface area contributed by atoms with Gasteiger partial charge in [-0.15, -0.1) is 0 Å². The van der Waals surface area contributed by atoms with Crippen LogP contribution in [0.1, 0.15) is 31.9 Å². The average molecular weight is 312 g/mol. The first-order chi connectivity index (χ1) is 9.90. The van der Waals surface area contributed by atoms with Crippen molar-refractivity contribution >= 4 is 17.6 Å². The van der Waals surface area contributed by atoms with Gasteiger partial charge in [-0.1, -0.05) is 37.6 Å². The van der Waals surface area contributed by atoms with Gasteiger partial charge in [-0.2, -0.15) is 0 Å². The normalized spacial score (nSPS) is 12.5. The number of halogens is 1. The Kier molecular flexibility index (Phi) is 7.54. The number of hydrogen-bond donors (Lipinski definition) is 2. The quantitative estimate of drug-likeness (QED) is 0.811. The predicted octanol–water partition coefficient (Wildman–Crippen LogP) is 3.29. The molecule has 2 amide bonds. The number of likely N-dealkylation sites (N-methyl/N-ethyl adjacent to an activating group) is 1. The van der Waals surface area contributed by atoms with Gasteiger partial charge in [0.1, 0.15) is 0 Å². The van der Waals surface area contributed by atoms with Crippen molar-refractivity contribution in [2.75, 3.05) is 27.2 Å². The zero-order chi connectivity index (χ0) is 15.8. The first-order valence-electron chi connectivity index (χ1n) is 7.33. The summed E-state index contributed by atoms with van der Waals surface area (Å²) in [6.07, 6.45) is 0.985. The van der Waals surface area contributed by atoms with E-state index in [9.17, 15) is 4.79 Å². The van der Waals surface area contributed by atoms with Crippen LogP contribution in [0.25, 0.3) is 0 Å². The summed E-state index contributed by atoms with van der Waals surface area (Å²) in [6.45, 7) is 5.52. The number of nitrogens with zero attached hydrogens (tertiary/aromatic N) is 1. The van der Waals surface area contributed by atoms with Crippen molar-refractivity contribution in [1.29, 1.82) is 0 Å². The molecule has 4 nitrogen and oxygen atoms in total. The monoisotopic (exact) mass is 311 g/mol. The highest BCUT2D eigenvalue weighted by Crippen LogP contribution is 2.20. The summed E-state index contributed by atoms with van der Waals surface area (Å²) < 4.78 is 0. The van der Waals surface area contributed by atoms with Crippen LogP contribution < -0.4 is 10.6 Å². The third-order valence-corrected chi connectivity index (χ3v) is 3.56. The minimum Gasteiger partial charge on any atom is -0.338 e. The van der Waals surface area contributed by atoms with Gasteiger partial charge in [0.15, 0.2) is 0 Å². The first-order valence-corrected chi connectivity index (χ1v) is 7.71. The molecule has 5 heteroatoms. The van der Waals surface area contributed by atoms with E-state index >= 15 is 0 Å². The highest BCUT2D eigenvalue weighted by atomic mass is 35.5. The summed E-state index contributed by atoms with van der Waals surface area (Å²) in [5.74, 6) is 0.589. The van der Waals surface area contributed by atoms with Gasteiger partial charge in [0.25, 0.3) is 0 Å². The molecule has 0 spiro atoms. The molecule has 21 heavy (non-hydrogen) atoms. The lowest BCUT2D eigenvalue weighted by atomic mass is 10.1. The van der Waals surface area contributed by atoms with E-state index < -0.39 is 0 Å². The summed E-state index contributed by atoms with van der Waals surface area (Å²) in [5.41, 5.74) is 1.09. The minimum atomic E-state index is -0.121. The molecule has 1 atom stereocenters. The molecular formula is C16H26ClN3O. The molecular weight excluding hydrogens is 286 g/mol. The number of urea groups is 1. The second kappa shape index (κ2) is 8.90. The summed E-state index contributed by atoms with van der Waals surface area (Å²) in [7, 11) is 3.98. The molecule has 0 aliphatic rings. The fourth-order valence-corrected chi connectivity index (χ4v) is 2.24. The second-order valence-electron chi connectivity index (χ2n) is 5.85. The summed E-state index contributed by atoms with van der Waals surface area (Å²) >= 11 is 6.04. The van der Waals surface area contributed by atoms with E-state index in [1.807, 2.05) is 38.4 Å². The molecule has 1 rings (SSSR count). The van der Waals surface area contributed by atoms with E-state index in [1.165, 1.54) is 0 Å². The second-order valence-corrected chi connectivity index (χ2v) is 6.29. The van der Waals surface area contributed by atoms with E-state index in [1.54, 1.807) is 0 Å². The molecule has 0 aliphatic heterocycles. The lowest BCUT2D eigenvalue weighted by molar-refractivity contribution is 0.232. The van der Waals surface area contributed by atoms with Gasteiger partial charge in [-0.25, -0.2) is 4.79 Å². The van der Waals surface area contributed by atoms with Crippen LogP contribution in [0.2, 0.25) is 5.02 Å². The summed E-state index contributed by atoms with van der Waals surface area (Å²) in [6, 6.07) is 7.71. The van der Waals surface area contributed by atoms with Crippen molar-refractivity contribution in [3.8, 4) is 0 Å². The van der Waals surface area contributed by atoms with Crippen LogP contribution in [0.5, 0.6) is 0 Å². The Morgan fingerprint density at radius 3 is 2.57 bits per heavy atom. The van der Waals surface area contributed by atoms with Crippen LogP contribution in [0.3, 0.4) is 0 Å². The zero-order valence-electron chi connectivity index (χ0n) is 13.3. The number of rotatable bonds is 7. The molecule has 0 radical (unpaired) electrons. The molecule has 0 aliphatic carbocycles. The Balaban J connectivity index is 2.50. The van der Waals surface area contributed by atoms with Crippen molar-refractivity contribution < 1.29 is 4.79 Å². The molecule has 0 aromatic heterocycles. The van der Waals surface area contributed by atoms with Crippen LogP contribution in [-0.2, 0) is 0 Å². The molecule has 2 N–H and O–H groups in total. The molecule has 0 saturated heterocycles. The molecule has 1 unspecified atom stereocenters. The van der Waals surface area contributed by atoms with Crippen molar-refractivity contribution in [3.05, 3.63) is 34.9 Å². The molecule has 1 aromatic carbocycles. The molecule has 118 valence electrons. The zero-order valence-corrected chi connectivity index (χ0v) is 14.1. The number of hydrogen-bond acceptors (Lipinski definition) is 2. The Bertz CT molecular complexity index is 449. The van der Waals surface area contributed by atoms with E-state index in [-0.39, 0.29) is 12.1 Å². The third kappa shape index (κ3) is 6.82. The highest BCUT2D eigenvalue weighted by molar-refractivity contribution is 6.30. The third-order valence-electron chi connectivity index (χ3n) is 3.32. The van der Waals surface area contributed by atoms with Crippen molar-refractivity contribution in [3.63, 3.8) is 0 Å². The highest BCUT2D eigenvalue weighted by Gasteiger charge is 2.15. The Morgan fingerprint density at radius 1 is 1.29 bits per heavy atom. The maximum atomic E-state index is 11.8. The van der Waals surface area contributed by atoms with Gasteiger partial charge < -0.3 is 15.5 Å². The van der Waals surface area contributed by atoms with Crippen LogP contribution >= 0.6 is 11.6 Å². The standard InChI is InChI=1S/C16H26ClN3O/c1-12(2)8-9-18-16(21)19-11-15(20(3)4)13-6-5-7-14(17)10-13/h5-7,10,12,15H,8-9,11H2,1-4H3,(H2,18,19,21). The fraction of sp³-hybridized carbons (Fsp3) is 0.562. The summed E-state index contributed by atoms with van der Waals surface area (Å²) in [4.78, 5) is 13.9. The molecule has 0 heterocycles. The molecule has 0 fully saturated rings. The maximum absolute atomic E-state index is 11.8. The Labute approximate surface area is 132 Å². The van der Waals surface area contributed by atoms with Crippen LogP contribution in [0, 0.1) is 5.92 Å². The topological polar surface area (TPSA) is 44.4 Å². The summed E-state index contributed by atoms with van der Waals surface area (Å²) in [5, 5.41) is 6.51. The van der Waals surface area contributed by atoms with E-state index in [2.05, 4.69) is 29.4 Å². The van der Waals surface area contributed by atoms with Gasteiger partial charge in [0.05, 0.1) is 6.04 Å². The number of nitrogens with one attached hydrogen (secondary N) is 2. The smallest absolute Gasteiger partial charge is 0.314 e. The van der Waals surface area contributed by atoms with Crippen LogP contribution in [-0.4, -0.2) is 38.1 Å². The van der Waals surface area contributed by atoms with Gasteiger partial charge in [-0.05, 0) is 44.1 Å². The Hall–Kier alpha value is -1.26. The first kappa shape index (κ1) is 17.8. The van der Waals surface area contributed by atoms with Gasteiger partial charge in [-0.3, -0.25) is 0 Å². The predicted molar refractivity (Wildman–Crippen MR) is 88.7 cm³/mol. The van der Waals surface area contributed by atoms with Crippen molar-refractivity contribution in [2.24, 2.45) is 5.92 Å². The largest absolute Gasteiger partial charge is 0.338 e. The molecule has 1 aromatic rings. The van der Waals surface area contributed by atoms with Crippen molar-refractivity contribution in [1.82, 2.24) is 15.5 Å². The lowest BCUT2D eigenvalue weighted by Crippen LogP contribution is -2.41. The minimum absolute atomic E-state index is 0.0968. The maximum Gasteiger partial charge on any atom is 0.314 e. The van der Waals surface area contributed by atoms with Crippen LogP contribution in [0.4, 0.5) is 4.79 Å². The van der Waals surface area contributed by atoms with Gasteiger partial charge >= 0.3 is 6.03 Å². The Morgan fingerprint density at radius 2 is 2.00 bits per heavy atom. The molecule has 0 saturated carbocycles. The number of amides is 2. The SMILES string of the molecule is CC(C)CCNC(=O)NCC(c1cccc(Cl)c1)N(C)C. The van der Waals surface area contributed by atoms with E-state index in [0.29, 0.717) is 24.0 Å².